The van der Waals surface area contributed by atoms with Crippen LogP contribution in [0.25, 0.3) is 11.1 Å². The van der Waals surface area contributed by atoms with Gasteiger partial charge in [-0.05, 0) is 18.6 Å². The number of benzene rings is 2. The summed E-state index contributed by atoms with van der Waals surface area (Å²) >= 11 is 0. The highest BCUT2D eigenvalue weighted by Crippen LogP contribution is 2.30. The number of aryl methyl sites for hydroxylation is 1. The van der Waals surface area contributed by atoms with Crippen molar-refractivity contribution >= 4 is 15.6 Å². The van der Waals surface area contributed by atoms with E-state index < -0.39 is 15.6 Å². The molecule has 0 radical (unpaired) electrons. The van der Waals surface area contributed by atoms with E-state index in [2.05, 4.69) is 5.10 Å². The molecule has 1 heterocycles. The molecule has 2 aromatic carbocycles. The zero-order valence-electron chi connectivity index (χ0n) is 15.8. The van der Waals surface area contributed by atoms with Crippen molar-refractivity contribution in [2.24, 2.45) is 7.05 Å². The van der Waals surface area contributed by atoms with Crippen LogP contribution < -0.4 is 4.74 Å². The quantitative estimate of drug-likeness (QED) is 0.470. The zero-order valence-corrected chi connectivity index (χ0v) is 16.6. The molecule has 0 saturated carbocycles. The number of rotatable bonds is 6. The average Bonchev–Trinajstić information content (AvgIpc) is 3.08. The van der Waals surface area contributed by atoms with Crippen LogP contribution in [-0.2, 0) is 16.9 Å². The maximum atomic E-state index is 12.9. The molecule has 0 bridgehead atoms. The van der Waals surface area contributed by atoms with Gasteiger partial charge in [-0.1, -0.05) is 48.5 Å². The van der Waals surface area contributed by atoms with Gasteiger partial charge in [-0.3, -0.25) is 9.48 Å². The molecule has 6 nitrogen and oxygen atoms in total. The van der Waals surface area contributed by atoms with Crippen LogP contribution in [0.1, 0.15) is 23.0 Å². The van der Waals surface area contributed by atoms with E-state index in [-0.39, 0.29) is 10.6 Å². The molecule has 3 rings (SSSR count). The Bertz CT molecular complexity index is 1140. The van der Waals surface area contributed by atoms with E-state index in [1.165, 1.54) is 10.9 Å². The van der Waals surface area contributed by atoms with Gasteiger partial charge in [0.05, 0.1) is 12.5 Å². The number of allylic oxidation sites excluding steroid dienone is 1. The third-order valence-corrected chi connectivity index (χ3v) is 5.29. The first-order valence-electron chi connectivity index (χ1n) is 8.57. The van der Waals surface area contributed by atoms with Gasteiger partial charge in [-0.15, -0.1) is 0 Å². The smallest absolute Gasteiger partial charge is 0.212 e. The van der Waals surface area contributed by atoms with Crippen molar-refractivity contribution in [2.75, 3.05) is 6.26 Å². The van der Waals surface area contributed by atoms with Crippen LogP contribution in [0.5, 0.6) is 5.75 Å². The minimum Gasteiger partial charge on any atom is -0.465 e. The Hall–Kier alpha value is -3.19. The lowest BCUT2D eigenvalue weighted by Crippen LogP contribution is -2.12. The summed E-state index contributed by atoms with van der Waals surface area (Å²) in [6, 6.07) is 14.5. The Morgan fingerprint density at radius 2 is 1.79 bits per heavy atom. The van der Waals surface area contributed by atoms with Crippen LogP contribution in [0.2, 0.25) is 0 Å². The number of nitrogens with zero attached hydrogens (tertiary/aromatic N) is 2. The van der Waals surface area contributed by atoms with E-state index in [1.807, 2.05) is 43.3 Å². The fraction of sp³-hybridized carbons (Fsp3) is 0.143. The van der Waals surface area contributed by atoms with E-state index in [4.69, 9.17) is 4.74 Å². The molecular weight excluding hydrogens is 376 g/mol. The summed E-state index contributed by atoms with van der Waals surface area (Å²) in [6.07, 6.45) is 5.66. The summed E-state index contributed by atoms with van der Waals surface area (Å²) in [5.41, 5.74) is 2.19. The minimum atomic E-state index is -3.56. The number of carbonyl (C=O) groups is 1. The molecule has 0 aliphatic carbocycles. The highest BCUT2D eigenvalue weighted by Gasteiger charge is 2.24. The molecule has 0 amide bonds. The van der Waals surface area contributed by atoms with Crippen LogP contribution in [0.3, 0.4) is 0 Å². The van der Waals surface area contributed by atoms with E-state index in [1.54, 1.807) is 31.5 Å². The molecule has 3 aromatic rings. The van der Waals surface area contributed by atoms with Gasteiger partial charge < -0.3 is 4.74 Å². The molecule has 7 heteroatoms. The van der Waals surface area contributed by atoms with Crippen LogP contribution in [0.15, 0.2) is 72.0 Å². The number of sulfone groups is 1. The van der Waals surface area contributed by atoms with Crippen LogP contribution in [0.4, 0.5) is 0 Å². The number of para-hydroxylation sites is 1. The van der Waals surface area contributed by atoms with Crippen molar-refractivity contribution in [1.82, 2.24) is 9.78 Å². The van der Waals surface area contributed by atoms with Crippen LogP contribution in [-0.4, -0.2) is 30.2 Å². The Labute approximate surface area is 164 Å². The highest BCUT2D eigenvalue weighted by molar-refractivity contribution is 7.90. The number of aromatic nitrogens is 2. The van der Waals surface area contributed by atoms with Gasteiger partial charge in [-0.2, -0.15) is 5.10 Å². The number of carbonyl (C=O) groups excluding carboxylic acids is 1. The van der Waals surface area contributed by atoms with E-state index in [0.717, 1.165) is 17.4 Å². The molecule has 0 spiro atoms. The Morgan fingerprint density at radius 1 is 1.11 bits per heavy atom. The van der Waals surface area contributed by atoms with Gasteiger partial charge in [0.2, 0.25) is 5.78 Å². The first kappa shape index (κ1) is 19.6. The predicted octanol–water partition coefficient (Wildman–Crippen LogP) is 3.63. The summed E-state index contributed by atoms with van der Waals surface area (Å²) in [5, 5.41) is 3.93. The fourth-order valence-corrected chi connectivity index (χ4v) is 3.65. The predicted molar refractivity (Wildman–Crippen MR) is 107 cm³/mol. The summed E-state index contributed by atoms with van der Waals surface area (Å²) in [5.74, 6) is 0.302. The molecule has 1 aromatic heterocycles. The van der Waals surface area contributed by atoms with Gasteiger partial charge in [0.25, 0.3) is 0 Å². The maximum Gasteiger partial charge on any atom is 0.212 e. The molecule has 144 valence electrons. The van der Waals surface area contributed by atoms with Crippen molar-refractivity contribution in [3.05, 3.63) is 78.3 Å². The van der Waals surface area contributed by atoms with Gasteiger partial charge in [-0.25, -0.2) is 8.42 Å². The lowest BCUT2D eigenvalue weighted by molar-refractivity contribution is 0.102. The topological polar surface area (TPSA) is 78.3 Å². The summed E-state index contributed by atoms with van der Waals surface area (Å²) in [6.45, 7) is 1.87. The Balaban J connectivity index is 1.97. The molecule has 0 unspecified atom stereocenters. The van der Waals surface area contributed by atoms with Crippen molar-refractivity contribution in [1.29, 1.82) is 0 Å². The molecule has 28 heavy (non-hydrogen) atoms. The number of ketones is 1. The van der Waals surface area contributed by atoms with Crippen molar-refractivity contribution in [2.45, 2.75) is 11.8 Å². The third kappa shape index (κ3) is 3.89. The maximum absolute atomic E-state index is 12.9. The molecule has 0 aliphatic heterocycles. The van der Waals surface area contributed by atoms with Gasteiger partial charge in [0, 0.05) is 24.4 Å². The summed E-state index contributed by atoms with van der Waals surface area (Å²) in [7, 11) is -2.01. The summed E-state index contributed by atoms with van der Waals surface area (Å²) in [4.78, 5) is 12.8. The average molecular weight is 396 g/mol. The number of hydrogen-bond donors (Lipinski definition) is 0. The first-order valence-corrected chi connectivity index (χ1v) is 10.5. The van der Waals surface area contributed by atoms with E-state index >= 15 is 0 Å². The Morgan fingerprint density at radius 3 is 2.43 bits per heavy atom. The first-order chi connectivity index (χ1) is 13.3. The van der Waals surface area contributed by atoms with Gasteiger partial charge in [0.15, 0.2) is 9.84 Å². The second-order valence-electron chi connectivity index (χ2n) is 6.24. The number of hydrogen-bond acceptors (Lipinski definition) is 5. The van der Waals surface area contributed by atoms with Crippen molar-refractivity contribution < 1.29 is 17.9 Å². The zero-order chi connectivity index (χ0) is 20.3. The lowest BCUT2D eigenvalue weighted by atomic mass is 10.0. The molecule has 0 saturated heterocycles. The van der Waals surface area contributed by atoms with Crippen LogP contribution in [0, 0.1) is 0 Å². The third-order valence-electron chi connectivity index (χ3n) is 4.20. The summed E-state index contributed by atoms with van der Waals surface area (Å²) < 4.78 is 30.8. The van der Waals surface area contributed by atoms with Gasteiger partial charge in [0.1, 0.15) is 16.3 Å². The fourth-order valence-electron chi connectivity index (χ4n) is 2.83. The molecule has 0 aliphatic rings. The normalized spacial score (nSPS) is 11.7. The lowest BCUT2D eigenvalue weighted by Gasteiger charge is -2.10. The minimum absolute atomic E-state index is 0.0482. The molecule has 0 N–H and O–H groups in total. The van der Waals surface area contributed by atoms with E-state index in [9.17, 15) is 13.2 Å². The number of ether oxygens (including phenoxy) is 1. The Kier molecular flexibility index (Phi) is 5.46. The van der Waals surface area contributed by atoms with Crippen LogP contribution >= 0.6 is 0 Å². The standard InChI is InChI=1S/C21H20N2O4S/c1-4-13-27-18-8-6-5-7-17(18)15-9-11-16(12-10-15)21(24)20-19(28(3,25)26)14-22-23(20)2/h4-14H,1-3H3. The second kappa shape index (κ2) is 7.82. The SMILES string of the molecule is CC=COc1ccccc1-c1ccc(C(=O)c2c(S(C)(=O)=O)cnn2C)cc1. The molecule has 0 fully saturated rings. The van der Waals surface area contributed by atoms with Crippen molar-refractivity contribution in [3.8, 4) is 16.9 Å². The second-order valence-corrected chi connectivity index (χ2v) is 8.23. The van der Waals surface area contributed by atoms with Crippen molar-refractivity contribution in [3.63, 3.8) is 0 Å². The molecule has 0 atom stereocenters. The van der Waals surface area contributed by atoms with E-state index in [0.29, 0.717) is 11.3 Å². The monoisotopic (exact) mass is 396 g/mol. The molecular formula is C21H20N2O4S. The highest BCUT2D eigenvalue weighted by atomic mass is 32.2. The largest absolute Gasteiger partial charge is 0.465 e. The van der Waals surface area contributed by atoms with Gasteiger partial charge >= 0.3 is 0 Å².